The average molecular weight is 350 g/mol. The van der Waals surface area contributed by atoms with E-state index in [1.54, 1.807) is 0 Å². The number of hydrogen-bond donors (Lipinski definition) is 3. The van der Waals surface area contributed by atoms with Crippen molar-refractivity contribution in [1.82, 2.24) is 0 Å². The minimum atomic E-state index is -3.95. The van der Waals surface area contributed by atoms with Crippen LogP contribution >= 0.6 is 0 Å². The van der Waals surface area contributed by atoms with E-state index < -0.39 is 15.8 Å². The number of fused-ring (bicyclic) bond motifs is 1. The molecular formula is C15H14N2O6S. The molecule has 9 heteroatoms. The summed E-state index contributed by atoms with van der Waals surface area (Å²) in [5, 5.41) is 18.7. The van der Waals surface area contributed by atoms with Gasteiger partial charge in [0.1, 0.15) is 5.75 Å². The van der Waals surface area contributed by atoms with Crippen LogP contribution in [0, 0.1) is 0 Å². The number of phenols is 2. The summed E-state index contributed by atoms with van der Waals surface area (Å²) in [5.41, 5.74) is 0.436. The maximum Gasteiger partial charge on any atom is 0.264 e. The molecule has 0 aromatic heterocycles. The van der Waals surface area contributed by atoms with Crippen LogP contribution in [0.5, 0.6) is 17.2 Å². The van der Waals surface area contributed by atoms with Gasteiger partial charge < -0.3 is 19.8 Å². The molecule has 1 aliphatic heterocycles. The third-order valence-electron chi connectivity index (χ3n) is 3.55. The summed E-state index contributed by atoms with van der Waals surface area (Å²) in [6.07, 6.45) is 0. The smallest absolute Gasteiger partial charge is 0.264 e. The van der Waals surface area contributed by atoms with E-state index in [0.717, 1.165) is 6.07 Å². The Morgan fingerprint density at radius 2 is 1.88 bits per heavy atom. The molecular weight excluding hydrogens is 336 g/mol. The molecule has 3 N–H and O–H groups in total. The number of likely N-dealkylation sites (N-methyl/N-ethyl adjacent to an activating group) is 1. The van der Waals surface area contributed by atoms with Crippen LogP contribution in [0.2, 0.25) is 0 Å². The van der Waals surface area contributed by atoms with Crippen LogP contribution in [0.25, 0.3) is 0 Å². The number of anilines is 2. The van der Waals surface area contributed by atoms with Crippen LogP contribution in [-0.4, -0.2) is 38.2 Å². The molecule has 2 aromatic carbocycles. The normalized spacial score (nSPS) is 14.0. The third-order valence-corrected chi connectivity index (χ3v) is 4.93. The number of benzene rings is 2. The van der Waals surface area contributed by atoms with Crippen LogP contribution in [0.3, 0.4) is 0 Å². The maximum absolute atomic E-state index is 12.5. The Bertz CT molecular complexity index is 926. The van der Waals surface area contributed by atoms with Crippen LogP contribution in [-0.2, 0) is 14.8 Å². The summed E-state index contributed by atoms with van der Waals surface area (Å²) in [7, 11) is -2.42. The van der Waals surface area contributed by atoms with Crippen molar-refractivity contribution in [2.75, 3.05) is 23.3 Å². The lowest BCUT2D eigenvalue weighted by molar-refractivity contribution is -0.120. The van der Waals surface area contributed by atoms with Crippen molar-refractivity contribution in [3.63, 3.8) is 0 Å². The highest BCUT2D eigenvalue weighted by molar-refractivity contribution is 7.92. The fraction of sp³-hybridized carbons (Fsp3) is 0.133. The van der Waals surface area contributed by atoms with E-state index in [1.807, 2.05) is 0 Å². The molecule has 0 spiro atoms. The van der Waals surface area contributed by atoms with Crippen LogP contribution in [0.15, 0.2) is 41.3 Å². The molecule has 126 valence electrons. The molecule has 0 fully saturated rings. The Labute approximate surface area is 138 Å². The highest BCUT2D eigenvalue weighted by Crippen LogP contribution is 2.34. The first-order valence-corrected chi connectivity index (χ1v) is 8.34. The van der Waals surface area contributed by atoms with Crippen molar-refractivity contribution < 1.29 is 28.2 Å². The van der Waals surface area contributed by atoms with E-state index in [9.17, 15) is 23.4 Å². The summed E-state index contributed by atoms with van der Waals surface area (Å²) in [6, 6.07) is 7.72. The fourth-order valence-electron chi connectivity index (χ4n) is 2.22. The Balaban J connectivity index is 1.95. The van der Waals surface area contributed by atoms with Crippen molar-refractivity contribution in [3.05, 3.63) is 36.4 Å². The predicted octanol–water partition coefficient (Wildman–Crippen LogP) is 1.25. The van der Waals surface area contributed by atoms with E-state index in [0.29, 0.717) is 11.4 Å². The zero-order valence-electron chi connectivity index (χ0n) is 12.6. The zero-order chi connectivity index (χ0) is 17.5. The van der Waals surface area contributed by atoms with E-state index in [1.165, 1.54) is 42.3 Å². The second kappa shape index (κ2) is 5.60. The SMILES string of the molecule is CN1C(=O)COc2ccc(S(=O)(=O)Nc3ccc(O)c(O)c3)cc21. The molecule has 24 heavy (non-hydrogen) atoms. The number of nitrogens with zero attached hydrogens (tertiary/aromatic N) is 1. The van der Waals surface area contributed by atoms with Crippen molar-refractivity contribution in [2.45, 2.75) is 4.90 Å². The molecule has 0 saturated heterocycles. The first kappa shape index (κ1) is 15.9. The Hall–Kier alpha value is -2.94. The standard InChI is InChI=1S/C15H14N2O6S/c1-17-11-7-10(3-5-14(11)23-8-15(17)20)24(21,22)16-9-2-4-12(18)13(19)6-9/h2-7,16,18-19H,8H2,1H3. The number of aromatic hydroxyl groups is 2. The number of sulfonamides is 1. The second-order valence-corrected chi connectivity index (χ2v) is 6.86. The maximum atomic E-state index is 12.5. The first-order valence-electron chi connectivity index (χ1n) is 6.86. The number of carbonyl (C=O) groups excluding carboxylic acids is 1. The molecule has 0 unspecified atom stereocenters. The Kier molecular flexibility index (Phi) is 3.72. The number of phenolic OH excluding ortho intramolecular Hbond substituents is 2. The molecule has 0 atom stereocenters. The predicted molar refractivity (Wildman–Crippen MR) is 85.9 cm³/mol. The van der Waals surface area contributed by atoms with Gasteiger partial charge in [-0.1, -0.05) is 0 Å². The number of hydrogen-bond acceptors (Lipinski definition) is 6. The highest BCUT2D eigenvalue weighted by Gasteiger charge is 2.25. The van der Waals surface area contributed by atoms with Gasteiger partial charge in [0.05, 0.1) is 16.3 Å². The van der Waals surface area contributed by atoms with Gasteiger partial charge in [0.25, 0.3) is 15.9 Å². The molecule has 1 heterocycles. The number of rotatable bonds is 3. The summed E-state index contributed by atoms with van der Waals surface area (Å²) in [4.78, 5) is 12.9. The summed E-state index contributed by atoms with van der Waals surface area (Å²) in [5.74, 6) is -0.671. The van der Waals surface area contributed by atoms with Crippen LogP contribution in [0.1, 0.15) is 0 Å². The minimum absolute atomic E-state index is 0.0704. The van der Waals surface area contributed by atoms with Gasteiger partial charge in [-0.15, -0.1) is 0 Å². The number of ether oxygens (including phenoxy) is 1. The van der Waals surface area contributed by atoms with Gasteiger partial charge in [0, 0.05) is 13.1 Å². The van der Waals surface area contributed by atoms with Gasteiger partial charge in [-0.05, 0) is 30.3 Å². The lowest BCUT2D eigenvalue weighted by atomic mass is 10.2. The average Bonchev–Trinajstić information content (AvgIpc) is 2.54. The molecule has 2 aromatic rings. The van der Waals surface area contributed by atoms with Gasteiger partial charge in [-0.25, -0.2) is 8.42 Å². The van der Waals surface area contributed by atoms with E-state index in [2.05, 4.69) is 4.72 Å². The largest absolute Gasteiger partial charge is 0.504 e. The van der Waals surface area contributed by atoms with Crippen molar-refractivity contribution >= 4 is 27.3 Å². The third kappa shape index (κ3) is 2.81. The van der Waals surface area contributed by atoms with Gasteiger partial charge in [0.2, 0.25) is 0 Å². The zero-order valence-corrected chi connectivity index (χ0v) is 13.4. The van der Waals surface area contributed by atoms with E-state index >= 15 is 0 Å². The molecule has 0 bridgehead atoms. The van der Waals surface area contributed by atoms with Crippen LogP contribution in [0.4, 0.5) is 11.4 Å². The van der Waals surface area contributed by atoms with Gasteiger partial charge >= 0.3 is 0 Å². The fourth-order valence-corrected chi connectivity index (χ4v) is 3.29. The minimum Gasteiger partial charge on any atom is -0.504 e. The van der Waals surface area contributed by atoms with Crippen LogP contribution < -0.4 is 14.4 Å². The van der Waals surface area contributed by atoms with Crippen molar-refractivity contribution in [3.8, 4) is 17.2 Å². The Morgan fingerprint density at radius 3 is 2.58 bits per heavy atom. The molecule has 0 aliphatic carbocycles. The van der Waals surface area contributed by atoms with Gasteiger partial charge in [0.15, 0.2) is 18.1 Å². The molecule has 8 nitrogen and oxygen atoms in total. The van der Waals surface area contributed by atoms with E-state index in [4.69, 9.17) is 4.74 Å². The number of carbonyl (C=O) groups is 1. The monoisotopic (exact) mass is 350 g/mol. The number of amides is 1. The highest BCUT2D eigenvalue weighted by atomic mass is 32.2. The molecule has 1 amide bonds. The molecule has 0 saturated carbocycles. The summed E-state index contributed by atoms with van der Waals surface area (Å²) in [6.45, 7) is -0.0966. The van der Waals surface area contributed by atoms with Gasteiger partial charge in [-0.2, -0.15) is 0 Å². The first-order chi connectivity index (χ1) is 11.3. The Morgan fingerprint density at radius 1 is 1.12 bits per heavy atom. The van der Waals surface area contributed by atoms with Gasteiger partial charge in [-0.3, -0.25) is 9.52 Å². The summed E-state index contributed by atoms with van der Waals surface area (Å²) >= 11 is 0. The second-order valence-electron chi connectivity index (χ2n) is 5.18. The summed E-state index contributed by atoms with van der Waals surface area (Å²) < 4.78 is 32.5. The van der Waals surface area contributed by atoms with Crippen molar-refractivity contribution in [2.24, 2.45) is 0 Å². The molecule has 3 rings (SSSR count). The van der Waals surface area contributed by atoms with Crippen molar-refractivity contribution in [1.29, 1.82) is 0 Å². The lowest BCUT2D eigenvalue weighted by Crippen LogP contribution is -2.35. The van der Waals surface area contributed by atoms with E-state index in [-0.39, 0.29) is 28.8 Å². The quantitative estimate of drug-likeness (QED) is 0.567. The lowest BCUT2D eigenvalue weighted by Gasteiger charge is -2.26. The topological polar surface area (TPSA) is 116 Å². The number of nitrogens with one attached hydrogen (secondary N) is 1. The molecule has 0 radical (unpaired) electrons. The molecule has 1 aliphatic rings.